The quantitative estimate of drug-likeness (QED) is 0.485. The Bertz CT molecular complexity index is 674. The molecule has 0 spiro atoms. The van der Waals surface area contributed by atoms with E-state index in [2.05, 4.69) is 5.10 Å². The lowest BCUT2D eigenvalue weighted by atomic mass is 10.1. The molecule has 104 valence electrons. The van der Waals surface area contributed by atoms with Crippen LogP contribution in [0.25, 0.3) is 6.08 Å². The molecule has 0 bridgehead atoms. The molecule has 0 radical (unpaired) electrons. The average molecular weight is 270 g/mol. The highest BCUT2D eigenvalue weighted by molar-refractivity contribution is 6.06. The van der Waals surface area contributed by atoms with Crippen molar-refractivity contribution in [1.82, 2.24) is 9.78 Å². The van der Waals surface area contributed by atoms with Crippen LogP contribution in [0.4, 0.5) is 0 Å². The second-order valence-corrected chi connectivity index (χ2v) is 4.77. The van der Waals surface area contributed by atoms with Crippen LogP contribution in [0.15, 0.2) is 40.5 Å². The number of nitrogens with zero attached hydrogens (tertiary/aromatic N) is 2. The topological polar surface area (TPSA) is 48.0 Å². The number of ketones is 1. The summed E-state index contributed by atoms with van der Waals surface area (Å²) in [6.45, 7) is 5.67. The first kappa shape index (κ1) is 14.1. The Morgan fingerprint density at radius 3 is 2.65 bits per heavy atom. The summed E-state index contributed by atoms with van der Waals surface area (Å²) in [5.41, 5.74) is 3.26. The van der Waals surface area contributed by atoms with Crippen LogP contribution < -0.4 is 0 Å². The summed E-state index contributed by atoms with van der Waals surface area (Å²) in [5, 5.41) is 4.25. The van der Waals surface area contributed by atoms with Crippen molar-refractivity contribution < 1.29 is 9.21 Å². The maximum atomic E-state index is 12.2. The maximum absolute atomic E-state index is 12.2. The van der Waals surface area contributed by atoms with Gasteiger partial charge in [-0.3, -0.25) is 9.48 Å². The van der Waals surface area contributed by atoms with Crippen LogP contribution in [0.1, 0.15) is 34.4 Å². The van der Waals surface area contributed by atoms with Crippen molar-refractivity contribution in [2.45, 2.75) is 20.8 Å². The van der Waals surface area contributed by atoms with Gasteiger partial charge in [0.2, 0.25) is 0 Å². The van der Waals surface area contributed by atoms with Crippen LogP contribution in [-0.2, 0) is 7.05 Å². The van der Waals surface area contributed by atoms with Gasteiger partial charge in [0.25, 0.3) is 0 Å². The zero-order valence-electron chi connectivity index (χ0n) is 12.2. The number of aromatic nitrogens is 2. The predicted octanol–water partition coefficient (Wildman–Crippen LogP) is 3.47. The summed E-state index contributed by atoms with van der Waals surface area (Å²) in [6.07, 6.45) is 6.87. The van der Waals surface area contributed by atoms with Gasteiger partial charge in [-0.05, 0) is 50.6 Å². The SMILES string of the molecule is CC(/C=C/C(=O)c1c(C)nn(C)c1C)=C\c1ccco1. The summed E-state index contributed by atoms with van der Waals surface area (Å²) in [7, 11) is 1.84. The van der Waals surface area contributed by atoms with E-state index >= 15 is 0 Å². The molecule has 2 rings (SSSR count). The Balaban J connectivity index is 2.17. The minimum Gasteiger partial charge on any atom is -0.465 e. The molecule has 0 atom stereocenters. The fourth-order valence-electron chi connectivity index (χ4n) is 2.07. The number of aryl methyl sites for hydroxylation is 2. The molecule has 0 saturated heterocycles. The molecular formula is C16H18N2O2. The third-order valence-electron chi connectivity index (χ3n) is 3.17. The summed E-state index contributed by atoms with van der Waals surface area (Å²) in [5.74, 6) is 0.744. The molecule has 4 heteroatoms. The van der Waals surface area contributed by atoms with Gasteiger partial charge in [-0.2, -0.15) is 5.10 Å². The lowest BCUT2D eigenvalue weighted by Gasteiger charge is -1.97. The predicted molar refractivity (Wildman–Crippen MR) is 78.5 cm³/mol. The highest BCUT2D eigenvalue weighted by Gasteiger charge is 2.14. The number of hydrogen-bond donors (Lipinski definition) is 0. The molecule has 0 amide bonds. The Morgan fingerprint density at radius 1 is 1.35 bits per heavy atom. The maximum Gasteiger partial charge on any atom is 0.189 e. The van der Waals surface area contributed by atoms with E-state index in [1.165, 1.54) is 0 Å². The molecule has 0 saturated carbocycles. The number of allylic oxidation sites excluding steroid dienone is 3. The second kappa shape index (κ2) is 5.74. The monoisotopic (exact) mass is 270 g/mol. The van der Waals surface area contributed by atoms with E-state index in [1.807, 2.05) is 46.0 Å². The van der Waals surface area contributed by atoms with Crippen molar-refractivity contribution in [3.8, 4) is 0 Å². The zero-order valence-corrected chi connectivity index (χ0v) is 12.2. The standard InChI is InChI=1S/C16H18N2O2/c1-11(10-14-6-5-9-20-14)7-8-15(19)16-12(2)17-18(4)13(16)3/h5-10H,1-4H3/b8-7+,11-10+. The fraction of sp³-hybridized carbons (Fsp3) is 0.250. The molecule has 0 aliphatic heterocycles. The Kier molecular flexibility index (Phi) is 4.03. The van der Waals surface area contributed by atoms with Crippen LogP contribution in [0.2, 0.25) is 0 Å². The Labute approximate surface area is 118 Å². The lowest BCUT2D eigenvalue weighted by molar-refractivity contribution is 0.104. The van der Waals surface area contributed by atoms with E-state index in [4.69, 9.17) is 4.42 Å². The Hall–Kier alpha value is -2.36. The van der Waals surface area contributed by atoms with Gasteiger partial charge >= 0.3 is 0 Å². The summed E-state index contributed by atoms with van der Waals surface area (Å²) < 4.78 is 6.95. The van der Waals surface area contributed by atoms with Crippen LogP contribution in [-0.4, -0.2) is 15.6 Å². The number of furan rings is 1. The molecule has 0 aliphatic rings. The van der Waals surface area contributed by atoms with Crippen LogP contribution in [0.5, 0.6) is 0 Å². The van der Waals surface area contributed by atoms with Gasteiger partial charge in [-0.1, -0.05) is 6.08 Å². The minimum atomic E-state index is -0.0275. The average Bonchev–Trinajstić information content (AvgIpc) is 2.96. The van der Waals surface area contributed by atoms with Crippen LogP contribution in [0, 0.1) is 13.8 Å². The van der Waals surface area contributed by atoms with Gasteiger partial charge in [0.05, 0.1) is 17.5 Å². The molecule has 0 fully saturated rings. The zero-order chi connectivity index (χ0) is 14.7. The number of carbonyl (C=O) groups is 1. The minimum absolute atomic E-state index is 0.0275. The first-order chi connectivity index (χ1) is 9.49. The fourth-order valence-corrected chi connectivity index (χ4v) is 2.07. The van der Waals surface area contributed by atoms with Gasteiger partial charge < -0.3 is 4.42 Å². The molecule has 0 aromatic carbocycles. The Morgan fingerprint density at radius 2 is 2.10 bits per heavy atom. The highest BCUT2D eigenvalue weighted by atomic mass is 16.3. The molecule has 2 heterocycles. The van der Waals surface area contributed by atoms with Gasteiger partial charge in [-0.15, -0.1) is 0 Å². The van der Waals surface area contributed by atoms with Gasteiger partial charge in [-0.25, -0.2) is 0 Å². The van der Waals surface area contributed by atoms with E-state index in [-0.39, 0.29) is 5.78 Å². The molecule has 0 unspecified atom stereocenters. The van der Waals surface area contributed by atoms with Gasteiger partial charge in [0.1, 0.15) is 5.76 Å². The summed E-state index contributed by atoms with van der Waals surface area (Å²) in [4.78, 5) is 12.2. The highest BCUT2D eigenvalue weighted by Crippen LogP contribution is 2.14. The lowest BCUT2D eigenvalue weighted by Crippen LogP contribution is -1.99. The van der Waals surface area contributed by atoms with Crippen molar-refractivity contribution in [3.05, 3.63) is 58.8 Å². The van der Waals surface area contributed by atoms with E-state index in [1.54, 1.807) is 23.1 Å². The molecule has 2 aromatic heterocycles. The van der Waals surface area contributed by atoms with E-state index < -0.39 is 0 Å². The molecular weight excluding hydrogens is 252 g/mol. The normalized spacial score (nSPS) is 12.3. The van der Waals surface area contributed by atoms with Gasteiger partial charge in [0.15, 0.2) is 5.78 Å². The molecule has 2 aromatic rings. The summed E-state index contributed by atoms with van der Waals surface area (Å²) >= 11 is 0. The van der Waals surface area contributed by atoms with Crippen molar-refractivity contribution >= 4 is 11.9 Å². The molecule has 0 aliphatic carbocycles. The summed E-state index contributed by atoms with van der Waals surface area (Å²) in [6, 6.07) is 3.70. The first-order valence-corrected chi connectivity index (χ1v) is 6.43. The first-order valence-electron chi connectivity index (χ1n) is 6.43. The number of hydrogen-bond acceptors (Lipinski definition) is 3. The van der Waals surface area contributed by atoms with Crippen molar-refractivity contribution in [2.24, 2.45) is 7.05 Å². The van der Waals surface area contributed by atoms with Crippen molar-refractivity contribution in [2.75, 3.05) is 0 Å². The van der Waals surface area contributed by atoms with E-state index in [0.717, 1.165) is 22.7 Å². The largest absolute Gasteiger partial charge is 0.465 e. The number of rotatable bonds is 4. The molecule has 4 nitrogen and oxygen atoms in total. The molecule has 20 heavy (non-hydrogen) atoms. The smallest absolute Gasteiger partial charge is 0.189 e. The van der Waals surface area contributed by atoms with E-state index in [0.29, 0.717) is 5.56 Å². The number of carbonyl (C=O) groups excluding carboxylic acids is 1. The second-order valence-electron chi connectivity index (χ2n) is 4.77. The third-order valence-corrected chi connectivity index (χ3v) is 3.17. The van der Waals surface area contributed by atoms with Crippen molar-refractivity contribution in [3.63, 3.8) is 0 Å². The third kappa shape index (κ3) is 2.96. The van der Waals surface area contributed by atoms with Gasteiger partial charge in [0, 0.05) is 12.7 Å². The van der Waals surface area contributed by atoms with E-state index in [9.17, 15) is 4.79 Å². The molecule has 0 N–H and O–H groups in total. The van der Waals surface area contributed by atoms with Crippen LogP contribution >= 0.6 is 0 Å². The van der Waals surface area contributed by atoms with Crippen LogP contribution in [0.3, 0.4) is 0 Å². The van der Waals surface area contributed by atoms with Crippen molar-refractivity contribution in [1.29, 1.82) is 0 Å².